The van der Waals surface area contributed by atoms with Crippen LogP contribution in [-0.4, -0.2) is 67.8 Å². The zero-order valence-electron chi connectivity index (χ0n) is 42.0. The number of thioether (sulfide) groups is 1. The molecule has 0 radical (unpaired) electrons. The number of pyridine rings is 2. The predicted octanol–water partition coefficient (Wildman–Crippen LogP) is 13.3. The number of halogens is 7. The molecule has 0 fully saturated rings. The van der Waals surface area contributed by atoms with Crippen molar-refractivity contribution >= 4 is 62.6 Å². The van der Waals surface area contributed by atoms with Crippen LogP contribution in [0.4, 0.5) is 43.7 Å². The van der Waals surface area contributed by atoms with Crippen LogP contribution in [0.15, 0.2) is 121 Å². The number of nitrogens with zero attached hydrogens (tertiary/aromatic N) is 7. The number of anilines is 3. The minimum Gasteiger partial charge on any atom is -0.497 e. The molecule has 0 N–H and O–H groups in total. The lowest BCUT2D eigenvalue weighted by Gasteiger charge is -2.33. The smallest absolute Gasteiger partial charge is 0.418 e. The fraction of sp³-hybridized carbons (Fsp3) is 0.250. The van der Waals surface area contributed by atoms with Crippen molar-refractivity contribution in [3.8, 4) is 40.1 Å². The fourth-order valence-corrected chi connectivity index (χ4v) is 10.4. The van der Waals surface area contributed by atoms with Gasteiger partial charge in [0.15, 0.2) is 22.6 Å². The van der Waals surface area contributed by atoms with E-state index in [-0.39, 0.29) is 48.5 Å². The van der Waals surface area contributed by atoms with E-state index >= 15 is 26.3 Å². The van der Waals surface area contributed by atoms with Crippen LogP contribution in [0, 0.1) is 21.0 Å². The molecule has 20 heteroatoms. The van der Waals surface area contributed by atoms with Gasteiger partial charge in [0.2, 0.25) is 5.88 Å². The molecule has 0 unspecified atom stereocenters. The van der Waals surface area contributed by atoms with E-state index in [1.54, 1.807) is 75.2 Å². The monoisotopic (exact) mass is 1170 g/mol. The molecule has 0 amide bonds. The van der Waals surface area contributed by atoms with Gasteiger partial charge in [0, 0.05) is 37.9 Å². The molecule has 394 valence electrons. The quantitative estimate of drug-likeness (QED) is 0.0268. The molecular weight excluding hydrogens is 1120 g/mol. The molecular formula is C56H50F6IN7O5S. The molecule has 1 aliphatic rings. The molecule has 5 aromatic carbocycles. The Kier molecular flexibility index (Phi) is 16.2. The number of alkyl halides is 3. The summed E-state index contributed by atoms with van der Waals surface area (Å²) in [4.78, 5) is 24.0. The number of ether oxygens (including phenoxy) is 5. The van der Waals surface area contributed by atoms with Gasteiger partial charge in [-0.15, -0.1) is 0 Å². The highest BCUT2D eigenvalue weighted by Gasteiger charge is 2.44. The summed E-state index contributed by atoms with van der Waals surface area (Å²) in [7, 11) is 6.17. The molecule has 76 heavy (non-hydrogen) atoms. The van der Waals surface area contributed by atoms with E-state index in [1.165, 1.54) is 41.7 Å². The Bertz CT molecular complexity index is 3260. The van der Waals surface area contributed by atoms with Crippen molar-refractivity contribution in [3.63, 3.8) is 0 Å². The average Bonchev–Trinajstić information content (AvgIpc) is 3.62. The minimum atomic E-state index is -5.40. The molecule has 1 atom stereocenters. The Morgan fingerprint density at radius 1 is 0.671 bits per heavy atom. The van der Waals surface area contributed by atoms with Crippen LogP contribution in [-0.2, 0) is 32.4 Å². The van der Waals surface area contributed by atoms with Gasteiger partial charge in [-0.05, 0) is 113 Å². The Labute approximate surface area is 453 Å². The molecule has 8 aromatic rings. The fourth-order valence-electron chi connectivity index (χ4n) is 9.20. The summed E-state index contributed by atoms with van der Waals surface area (Å²) in [5, 5.41) is 0.0144. The van der Waals surface area contributed by atoms with E-state index in [2.05, 4.69) is 14.9 Å². The van der Waals surface area contributed by atoms with E-state index in [0.29, 0.717) is 53.0 Å². The zero-order chi connectivity index (χ0) is 53.8. The number of hydrogen-bond acceptors (Lipinski definition) is 13. The highest BCUT2D eigenvalue weighted by Crippen LogP contribution is 2.49. The van der Waals surface area contributed by atoms with Gasteiger partial charge in [0.1, 0.15) is 63.5 Å². The third-order valence-electron chi connectivity index (χ3n) is 13.0. The molecule has 4 heterocycles. The first-order valence-corrected chi connectivity index (χ1v) is 26.0. The number of hydrogen-bond donors (Lipinski definition) is 0. The summed E-state index contributed by atoms with van der Waals surface area (Å²) in [6.45, 7) is 2.45. The van der Waals surface area contributed by atoms with Crippen LogP contribution in [0.5, 0.6) is 28.9 Å². The van der Waals surface area contributed by atoms with E-state index in [9.17, 15) is 0 Å². The number of rotatable bonds is 18. The molecule has 0 aliphatic carbocycles. The SMILES string of the molecule is COc1ccc(CN(Cc2ccc(OC)cc2)c2ncccc2[C@@H](C)N2CCOc3nc(-c4c(F)c(N(Cc5ccc(OC)cc5)Cc5ccc(OC)cc5)c(F)c(I)c4C(F)(F)F)c(F)c4nc(SC)nc2c34)cc1. The minimum absolute atomic E-state index is 0.0474. The molecule has 9 rings (SSSR count). The van der Waals surface area contributed by atoms with Crippen molar-refractivity contribution in [3.05, 3.63) is 170 Å². The van der Waals surface area contributed by atoms with Gasteiger partial charge in [-0.1, -0.05) is 66.4 Å². The van der Waals surface area contributed by atoms with E-state index in [1.807, 2.05) is 72.5 Å². The summed E-state index contributed by atoms with van der Waals surface area (Å²) >= 11 is 2.27. The van der Waals surface area contributed by atoms with E-state index < -0.39 is 61.3 Å². The van der Waals surface area contributed by atoms with Gasteiger partial charge >= 0.3 is 6.18 Å². The summed E-state index contributed by atoms with van der Waals surface area (Å²) in [6.07, 6.45) is -2.03. The first kappa shape index (κ1) is 53.6. The normalized spacial score (nSPS) is 12.7. The molecule has 0 bridgehead atoms. The maximum absolute atomic E-state index is 17.9. The number of aromatic nitrogens is 4. The molecule has 12 nitrogen and oxygen atoms in total. The largest absolute Gasteiger partial charge is 0.497 e. The van der Waals surface area contributed by atoms with Crippen LogP contribution in [0.1, 0.15) is 46.3 Å². The van der Waals surface area contributed by atoms with Gasteiger partial charge in [0.05, 0.1) is 55.7 Å². The highest BCUT2D eigenvalue weighted by atomic mass is 127. The zero-order valence-corrected chi connectivity index (χ0v) is 45.0. The van der Waals surface area contributed by atoms with E-state index in [0.717, 1.165) is 28.5 Å². The standard InChI is InChI=1S/C56H50F6IN7O5S/c1-32(41-8-7-25-64-52(41)69(30-35-13-21-39(73-4)22-14-35)31-36-15-23-40(74-5)24-16-36)70-26-27-75-54-43-50(66-55(76-6)67-53(43)70)47(59)49(65-54)42-44(56(60,61)62)48(63)46(58)51(45(42)57)68(28-33-9-17-37(71-2)18-10-33)29-34-11-19-38(72-3)20-12-34/h7-25,32H,26-31H2,1-6H3/t32-/m1/s1. The Morgan fingerprint density at radius 2 is 1.16 bits per heavy atom. The number of methoxy groups -OCH3 is 4. The summed E-state index contributed by atoms with van der Waals surface area (Å²) in [5.74, 6) is -1.67. The van der Waals surface area contributed by atoms with Crippen LogP contribution in [0.3, 0.4) is 0 Å². The van der Waals surface area contributed by atoms with Gasteiger partial charge in [-0.3, -0.25) is 0 Å². The molecule has 0 saturated heterocycles. The van der Waals surface area contributed by atoms with Gasteiger partial charge < -0.3 is 38.4 Å². The van der Waals surface area contributed by atoms with Crippen molar-refractivity contribution < 1.29 is 50.0 Å². The Balaban J connectivity index is 1.19. The van der Waals surface area contributed by atoms with Crippen molar-refractivity contribution in [2.45, 2.75) is 50.5 Å². The van der Waals surface area contributed by atoms with Crippen molar-refractivity contribution in [2.24, 2.45) is 0 Å². The lowest BCUT2D eigenvalue weighted by atomic mass is 9.98. The van der Waals surface area contributed by atoms with Gasteiger partial charge in [-0.2, -0.15) is 13.2 Å². The van der Waals surface area contributed by atoms with Gasteiger partial charge in [-0.25, -0.2) is 33.1 Å². The van der Waals surface area contributed by atoms with Crippen LogP contribution >= 0.6 is 34.4 Å². The van der Waals surface area contributed by atoms with Crippen molar-refractivity contribution in [1.29, 1.82) is 0 Å². The average molecular weight is 1170 g/mol. The third-order valence-corrected chi connectivity index (χ3v) is 14.6. The number of benzene rings is 5. The Morgan fingerprint density at radius 3 is 1.62 bits per heavy atom. The third kappa shape index (κ3) is 11.0. The second-order valence-corrected chi connectivity index (χ2v) is 19.5. The lowest BCUT2D eigenvalue weighted by Crippen LogP contribution is -2.33. The molecule has 0 saturated carbocycles. The summed E-state index contributed by atoms with van der Waals surface area (Å²) in [6, 6.07) is 31.9. The Hall–Kier alpha value is -7.20. The maximum Gasteiger partial charge on any atom is 0.418 e. The first-order valence-electron chi connectivity index (χ1n) is 23.7. The van der Waals surface area contributed by atoms with Crippen LogP contribution in [0.2, 0.25) is 0 Å². The predicted molar refractivity (Wildman–Crippen MR) is 289 cm³/mol. The van der Waals surface area contributed by atoms with Crippen molar-refractivity contribution in [2.75, 3.05) is 62.5 Å². The van der Waals surface area contributed by atoms with Crippen molar-refractivity contribution in [1.82, 2.24) is 19.9 Å². The summed E-state index contributed by atoms with van der Waals surface area (Å²) < 4.78 is 126. The highest BCUT2D eigenvalue weighted by molar-refractivity contribution is 14.1. The van der Waals surface area contributed by atoms with Gasteiger partial charge in [0.25, 0.3) is 0 Å². The van der Waals surface area contributed by atoms with Crippen LogP contribution < -0.4 is 38.4 Å². The molecule has 3 aromatic heterocycles. The lowest BCUT2D eigenvalue weighted by molar-refractivity contribution is -0.138. The maximum atomic E-state index is 17.9. The second-order valence-electron chi connectivity index (χ2n) is 17.6. The van der Waals surface area contributed by atoms with E-state index in [4.69, 9.17) is 33.7 Å². The van der Waals surface area contributed by atoms with Crippen LogP contribution in [0.25, 0.3) is 22.2 Å². The summed E-state index contributed by atoms with van der Waals surface area (Å²) in [5.41, 5.74) is -1.63. The first-order chi connectivity index (χ1) is 36.6. The second kappa shape index (κ2) is 23.0. The molecule has 0 spiro atoms. The topological polar surface area (TPSA) is 107 Å². The molecule has 1 aliphatic heterocycles.